The molecular weight excluding hydrogens is 530 g/mol. The van der Waals surface area contributed by atoms with Crippen molar-refractivity contribution in [1.29, 1.82) is 0 Å². The number of carbonyl (C=O) groups is 1. The van der Waals surface area contributed by atoms with Crippen LogP contribution in [0.1, 0.15) is 37.5 Å². The van der Waals surface area contributed by atoms with E-state index < -0.39 is 11.6 Å². The van der Waals surface area contributed by atoms with E-state index >= 15 is 0 Å². The van der Waals surface area contributed by atoms with E-state index in [1.807, 2.05) is 44.3 Å². The summed E-state index contributed by atoms with van der Waals surface area (Å²) in [5.41, 5.74) is 6.10. The van der Waals surface area contributed by atoms with Crippen LogP contribution in [-0.2, 0) is 22.4 Å². The summed E-state index contributed by atoms with van der Waals surface area (Å²) in [7, 11) is 0. The van der Waals surface area contributed by atoms with Crippen LogP contribution >= 0.6 is 0 Å². The van der Waals surface area contributed by atoms with Crippen LogP contribution in [0.3, 0.4) is 0 Å². The van der Waals surface area contributed by atoms with E-state index in [1.165, 1.54) is 19.4 Å². The topological polar surface area (TPSA) is 106 Å². The maximum Gasteiger partial charge on any atom is 0.316 e. The Bertz CT molecular complexity index is 1800. The molecule has 0 saturated heterocycles. The standard InChI is InChI=1S/C34H32N3O5/c1-5-40-33-36-17-24(18-37-33)22-6-7-25-23(15-22)14-20(2)27(16-29(38)42-19-34(3,4)39)31(25)26-8-9-28-30-21(11-13-41-28)10-12-35-32(26)30/h6-10,12,14-15,17-18H,5,11,13,16,19H2,1-4H3/q-1. The van der Waals surface area contributed by atoms with E-state index in [4.69, 9.17) is 19.2 Å². The third-order valence-electron chi connectivity index (χ3n) is 7.45. The lowest BCUT2D eigenvalue weighted by Crippen LogP contribution is -2.42. The van der Waals surface area contributed by atoms with E-state index in [1.54, 1.807) is 12.4 Å². The smallest absolute Gasteiger partial charge is 0.316 e. The molecule has 0 aliphatic carbocycles. The molecule has 0 fully saturated rings. The maximum absolute atomic E-state index is 13.1. The van der Waals surface area contributed by atoms with Gasteiger partial charge in [-0.25, -0.2) is 9.97 Å². The SMILES string of the molecule is CCOc1ncc(-c2ccc3c(-c4ccc5c6c(ccnc46)CCO5)c(CC(=O)OCC(C)(C)[O-])c(C)cc3c2)cn1. The molecule has 0 bridgehead atoms. The minimum Gasteiger partial charge on any atom is -0.847 e. The minimum atomic E-state index is -1.36. The molecule has 42 heavy (non-hydrogen) atoms. The molecule has 0 atom stereocenters. The molecular formula is C34H32N3O5-. The molecule has 5 aromatic rings. The van der Waals surface area contributed by atoms with Gasteiger partial charge in [0.25, 0.3) is 0 Å². The van der Waals surface area contributed by atoms with Crippen molar-refractivity contribution in [3.63, 3.8) is 0 Å². The molecule has 1 aliphatic rings. The summed E-state index contributed by atoms with van der Waals surface area (Å²) in [6.45, 7) is 7.83. The van der Waals surface area contributed by atoms with Gasteiger partial charge in [-0.05, 0) is 76.7 Å². The first-order valence-corrected chi connectivity index (χ1v) is 14.1. The minimum absolute atomic E-state index is 0.0289. The number of esters is 1. The Morgan fingerprint density at radius 1 is 1.05 bits per heavy atom. The van der Waals surface area contributed by atoms with Gasteiger partial charge in [0.1, 0.15) is 5.75 Å². The number of nitrogens with zero attached hydrogens (tertiary/aromatic N) is 3. The van der Waals surface area contributed by atoms with Crippen molar-refractivity contribution < 1.29 is 24.1 Å². The summed E-state index contributed by atoms with van der Waals surface area (Å²) in [6, 6.07) is 14.7. The molecule has 8 heteroatoms. The number of ether oxygens (including phenoxy) is 3. The van der Waals surface area contributed by atoms with Gasteiger partial charge in [0, 0.05) is 41.5 Å². The molecule has 2 aromatic heterocycles. The fourth-order valence-corrected chi connectivity index (χ4v) is 5.53. The number of hydrogen-bond donors (Lipinski definition) is 0. The Morgan fingerprint density at radius 3 is 2.62 bits per heavy atom. The van der Waals surface area contributed by atoms with Crippen molar-refractivity contribution in [2.24, 2.45) is 0 Å². The molecule has 1 aliphatic heterocycles. The second-order valence-corrected chi connectivity index (χ2v) is 11.2. The predicted octanol–water partition coefficient (Wildman–Crippen LogP) is 5.38. The summed E-state index contributed by atoms with van der Waals surface area (Å²) < 4.78 is 16.8. The number of fused-ring (bicyclic) bond motifs is 1. The van der Waals surface area contributed by atoms with Crippen molar-refractivity contribution in [1.82, 2.24) is 15.0 Å². The van der Waals surface area contributed by atoms with Crippen molar-refractivity contribution in [3.8, 4) is 34.0 Å². The van der Waals surface area contributed by atoms with E-state index in [0.29, 0.717) is 19.2 Å². The zero-order valence-electron chi connectivity index (χ0n) is 24.2. The highest BCUT2D eigenvalue weighted by Gasteiger charge is 2.23. The number of carbonyl (C=O) groups excluding carboxylic acids is 1. The third-order valence-corrected chi connectivity index (χ3v) is 7.45. The Hall–Kier alpha value is -4.56. The van der Waals surface area contributed by atoms with Crippen LogP contribution in [0.4, 0.5) is 0 Å². The van der Waals surface area contributed by atoms with Gasteiger partial charge in [0.15, 0.2) is 0 Å². The van der Waals surface area contributed by atoms with Gasteiger partial charge >= 0.3 is 12.0 Å². The molecule has 0 N–H and O–H groups in total. The quantitative estimate of drug-likeness (QED) is 0.232. The zero-order valence-corrected chi connectivity index (χ0v) is 24.2. The monoisotopic (exact) mass is 562 g/mol. The number of rotatable bonds is 8. The highest BCUT2D eigenvalue weighted by atomic mass is 16.5. The van der Waals surface area contributed by atoms with Gasteiger partial charge in [-0.2, -0.15) is 0 Å². The molecule has 0 saturated carbocycles. The third kappa shape index (κ3) is 5.37. The lowest BCUT2D eigenvalue weighted by Gasteiger charge is -2.30. The lowest BCUT2D eigenvalue weighted by molar-refractivity contribution is -0.470. The highest BCUT2D eigenvalue weighted by molar-refractivity contribution is 6.09. The van der Waals surface area contributed by atoms with Crippen LogP contribution in [0, 0.1) is 6.92 Å². The summed E-state index contributed by atoms with van der Waals surface area (Å²) in [5.74, 6) is 0.376. The van der Waals surface area contributed by atoms with Crippen molar-refractivity contribution in [2.45, 2.75) is 46.1 Å². The van der Waals surface area contributed by atoms with Crippen LogP contribution in [0.5, 0.6) is 11.8 Å². The number of hydrogen-bond acceptors (Lipinski definition) is 8. The summed E-state index contributed by atoms with van der Waals surface area (Å²) >= 11 is 0. The van der Waals surface area contributed by atoms with E-state index in [9.17, 15) is 9.90 Å². The second-order valence-electron chi connectivity index (χ2n) is 11.2. The first-order valence-electron chi connectivity index (χ1n) is 14.1. The molecule has 3 aromatic carbocycles. The Balaban J connectivity index is 1.53. The Morgan fingerprint density at radius 2 is 1.86 bits per heavy atom. The summed E-state index contributed by atoms with van der Waals surface area (Å²) in [4.78, 5) is 26.5. The van der Waals surface area contributed by atoms with Gasteiger partial charge in [-0.3, -0.25) is 9.78 Å². The normalized spacial score (nSPS) is 12.8. The van der Waals surface area contributed by atoms with E-state index in [2.05, 4.69) is 28.2 Å². The van der Waals surface area contributed by atoms with Crippen LogP contribution in [-0.4, -0.2) is 46.3 Å². The van der Waals surface area contributed by atoms with Gasteiger partial charge < -0.3 is 19.3 Å². The maximum atomic E-state index is 13.1. The zero-order chi connectivity index (χ0) is 29.4. The van der Waals surface area contributed by atoms with Crippen LogP contribution in [0.15, 0.2) is 61.1 Å². The molecule has 6 rings (SSSR count). The first-order chi connectivity index (χ1) is 20.2. The predicted molar refractivity (Wildman–Crippen MR) is 160 cm³/mol. The summed E-state index contributed by atoms with van der Waals surface area (Å²) in [6.07, 6.45) is 6.18. The average Bonchev–Trinajstić information content (AvgIpc) is 2.97. The average molecular weight is 563 g/mol. The molecule has 8 nitrogen and oxygen atoms in total. The molecule has 3 heterocycles. The fourth-order valence-electron chi connectivity index (χ4n) is 5.53. The first kappa shape index (κ1) is 27.6. The van der Waals surface area contributed by atoms with E-state index in [0.717, 1.165) is 67.2 Å². The molecule has 0 amide bonds. The van der Waals surface area contributed by atoms with E-state index in [-0.39, 0.29) is 13.0 Å². The second kappa shape index (κ2) is 11.0. The number of aryl methyl sites for hydroxylation is 1. The molecule has 0 unspecified atom stereocenters. The summed E-state index contributed by atoms with van der Waals surface area (Å²) in [5, 5.41) is 15.1. The fraction of sp³-hybridized carbons (Fsp3) is 0.294. The Kier molecular flexibility index (Phi) is 7.24. The van der Waals surface area contributed by atoms with Gasteiger partial charge in [-0.15, -0.1) is 0 Å². The van der Waals surface area contributed by atoms with Crippen LogP contribution in [0.2, 0.25) is 0 Å². The van der Waals surface area contributed by atoms with Crippen molar-refractivity contribution >= 4 is 27.6 Å². The molecule has 214 valence electrons. The number of pyridine rings is 1. The lowest BCUT2D eigenvalue weighted by atomic mass is 9.86. The van der Waals surface area contributed by atoms with Crippen molar-refractivity contribution in [3.05, 3.63) is 77.7 Å². The molecule has 0 radical (unpaired) electrons. The largest absolute Gasteiger partial charge is 0.847 e. The van der Waals surface area contributed by atoms with Crippen molar-refractivity contribution in [2.75, 3.05) is 19.8 Å². The van der Waals surface area contributed by atoms with Gasteiger partial charge in [-0.1, -0.05) is 37.6 Å². The van der Waals surface area contributed by atoms with Crippen LogP contribution < -0.4 is 14.6 Å². The number of aromatic nitrogens is 3. The van der Waals surface area contributed by atoms with Gasteiger partial charge in [0.05, 0.1) is 31.8 Å². The van der Waals surface area contributed by atoms with Crippen LogP contribution in [0.25, 0.3) is 43.9 Å². The van der Waals surface area contributed by atoms with Gasteiger partial charge in [0.2, 0.25) is 0 Å². The highest BCUT2D eigenvalue weighted by Crippen LogP contribution is 2.43. The number of benzene rings is 3. The Labute approximate surface area is 244 Å². The molecule has 0 spiro atoms.